The molecule has 0 aliphatic heterocycles. The highest BCUT2D eigenvalue weighted by Gasteiger charge is 2.22. The van der Waals surface area contributed by atoms with Crippen molar-refractivity contribution in [2.45, 2.75) is 45.2 Å². The number of aromatic nitrogens is 1. The van der Waals surface area contributed by atoms with Crippen LogP contribution in [-0.4, -0.2) is 47.5 Å². The smallest absolute Gasteiger partial charge is 0.220 e. The summed E-state index contributed by atoms with van der Waals surface area (Å²) in [5.41, 5.74) is 1.12. The number of hydrogen-bond acceptors (Lipinski definition) is 2. The molecule has 2 N–H and O–H groups in total. The summed E-state index contributed by atoms with van der Waals surface area (Å²) in [6.45, 7) is 4.21. The van der Waals surface area contributed by atoms with Crippen molar-refractivity contribution < 1.29 is 4.79 Å². The Bertz CT molecular complexity index is 586. The maximum Gasteiger partial charge on any atom is 0.220 e. The van der Waals surface area contributed by atoms with E-state index in [1.165, 1.54) is 0 Å². The molecule has 1 aromatic heterocycles. The van der Waals surface area contributed by atoms with E-state index >= 15 is 0 Å². The number of carbonyl (C=O) groups is 1. The Morgan fingerprint density at radius 3 is 2.76 bits per heavy atom. The number of guanidine groups is 1. The molecule has 1 aliphatic carbocycles. The summed E-state index contributed by atoms with van der Waals surface area (Å²) in [6.07, 6.45) is 5.45. The number of hydrogen-bond donors (Lipinski definition) is 2. The third-order valence-electron chi connectivity index (χ3n) is 3.94. The highest BCUT2D eigenvalue weighted by Crippen LogP contribution is 2.18. The zero-order chi connectivity index (χ0) is 17.5. The second-order valence-corrected chi connectivity index (χ2v) is 6.73. The third-order valence-corrected chi connectivity index (χ3v) is 4.14. The molecular formula is C17H29ClIN5O. The van der Waals surface area contributed by atoms with Crippen LogP contribution in [0.15, 0.2) is 17.3 Å². The lowest BCUT2D eigenvalue weighted by Crippen LogP contribution is -2.39. The third kappa shape index (κ3) is 7.85. The normalized spacial score (nSPS) is 14.0. The van der Waals surface area contributed by atoms with Crippen molar-refractivity contribution in [1.29, 1.82) is 0 Å². The van der Waals surface area contributed by atoms with Crippen LogP contribution in [0.3, 0.4) is 0 Å². The predicted octanol–water partition coefficient (Wildman–Crippen LogP) is 2.75. The molecule has 0 bridgehead atoms. The molecule has 1 fully saturated rings. The molecule has 6 nitrogen and oxygen atoms in total. The summed E-state index contributed by atoms with van der Waals surface area (Å²) >= 11 is 6.04. The molecule has 1 heterocycles. The number of aryl methyl sites for hydroxylation is 1. The van der Waals surface area contributed by atoms with Crippen LogP contribution in [0.2, 0.25) is 5.02 Å². The molecule has 1 aromatic rings. The van der Waals surface area contributed by atoms with Crippen LogP contribution in [0.25, 0.3) is 0 Å². The van der Waals surface area contributed by atoms with Crippen LogP contribution >= 0.6 is 35.6 Å². The first kappa shape index (κ1) is 22.1. The first-order valence-electron chi connectivity index (χ1n) is 8.59. The summed E-state index contributed by atoms with van der Waals surface area (Å²) < 4.78 is 2.02. The van der Waals surface area contributed by atoms with Crippen LogP contribution < -0.4 is 10.6 Å². The van der Waals surface area contributed by atoms with Crippen LogP contribution in [0.5, 0.6) is 0 Å². The van der Waals surface area contributed by atoms with Gasteiger partial charge in [0.2, 0.25) is 5.91 Å². The van der Waals surface area contributed by atoms with Gasteiger partial charge in [-0.15, -0.1) is 24.0 Å². The number of amides is 1. The molecule has 0 radical (unpaired) electrons. The standard InChI is InChI=1S/C17H28ClN5O.HI/c1-4-19-17(20-9-5-6-16(24)21-14-7-8-14)23(3)12-15-10-13(18)11-22(15)2;/h10-11,14H,4-9,12H2,1-3H3,(H,19,20)(H,21,24);1H. The van der Waals surface area contributed by atoms with E-state index in [-0.39, 0.29) is 29.9 Å². The highest BCUT2D eigenvalue weighted by atomic mass is 127. The van der Waals surface area contributed by atoms with Crippen molar-refractivity contribution in [2.24, 2.45) is 12.0 Å². The molecule has 8 heteroatoms. The Morgan fingerprint density at radius 1 is 1.48 bits per heavy atom. The summed E-state index contributed by atoms with van der Waals surface area (Å²) in [4.78, 5) is 18.4. The van der Waals surface area contributed by atoms with Gasteiger partial charge in [-0.1, -0.05) is 11.6 Å². The van der Waals surface area contributed by atoms with E-state index in [9.17, 15) is 4.79 Å². The number of carbonyl (C=O) groups excluding carboxylic acids is 1. The van der Waals surface area contributed by atoms with E-state index in [4.69, 9.17) is 11.6 Å². The molecule has 0 unspecified atom stereocenters. The van der Waals surface area contributed by atoms with E-state index in [0.29, 0.717) is 19.0 Å². The van der Waals surface area contributed by atoms with Gasteiger partial charge in [0.15, 0.2) is 5.96 Å². The second kappa shape index (κ2) is 10.9. The Hall–Kier alpha value is -0.960. The minimum absolute atomic E-state index is 0. The number of halogens is 2. The van der Waals surface area contributed by atoms with Gasteiger partial charge in [-0.3, -0.25) is 9.79 Å². The van der Waals surface area contributed by atoms with E-state index in [1.807, 2.05) is 37.8 Å². The summed E-state index contributed by atoms with van der Waals surface area (Å²) in [6, 6.07) is 2.39. The molecule has 25 heavy (non-hydrogen) atoms. The highest BCUT2D eigenvalue weighted by molar-refractivity contribution is 14.0. The lowest BCUT2D eigenvalue weighted by atomic mass is 10.3. The Kier molecular flexibility index (Phi) is 9.63. The molecule has 1 amide bonds. The lowest BCUT2D eigenvalue weighted by Gasteiger charge is -2.22. The van der Waals surface area contributed by atoms with Gasteiger partial charge in [-0.05, 0) is 32.3 Å². The van der Waals surface area contributed by atoms with Gasteiger partial charge in [0.05, 0.1) is 11.6 Å². The molecule has 0 atom stereocenters. The fourth-order valence-electron chi connectivity index (χ4n) is 2.46. The molecule has 142 valence electrons. The fraction of sp³-hybridized carbons (Fsp3) is 0.647. The SMILES string of the molecule is CCNC(=NCCCC(=O)NC1CC1)N(C)Cc1cc(Cl)cn1C.I. The van der Waals surface area contributed by atoms with Crippen molar-refractivity contribution in [2.75, 3.05) is 20.1 Å². The first-order chi connectivity index (χ1) is 11.5. The summed E-state index contributed by atoms with van der Waals surface area (Å²) in [5.74, 6) is 0.988. The number of rotatable bonds is 8. The minimum atomic E-state index is 0. The number of nitrogens with zero attached hydrogens (tertiary/aromatic N) is 3. The van der Waals surface area contributed by atoms with Gasteiger partial charge in [0.1, 0.15) is 0 Å². The Labute approximate surface area is 172 Å². The maximum atomic E-state index is 11.7. The van der Waals surface area contributed by atoms with Gasteiger partial charge >= 0.3 is 0 Å². The fourth-order valence-corrected chi connectivity index (χ4v) is 2.74. The van der Waals surface area contributed by atoms with Crippen LogP contribution in [-0.2, 0) is 18.4 Å². The predicted molar refractivity (Wildman–Crippen MR) is 114 cm³/mol. The van der Waals surface area contributed by atoms with Gasteiger partial charge in [0.25, 0.3) is 0 Å². The number of aliphatic imine (C=N–C) groups is 1. The topological polar surface area (TPSA) is 61.7 Å². The summed E-state index contributed by atoms with van der Waals surface area (Å²) in [5, 5.41) is 7.04. The van der Waals surface area contributed by atoms with Crippen molar-refractivity contribution in [1.82, 2.24) is 20.1 Å². The maximum absolute atomic E-state index is 11.7. The molecule has 0 spiro atoms. The van der Waals surface area contributed by atoms with Gasteiger partial charge in [-0.2, -0.15) is 0 Å². The molecule has 0 aromatic carbocycles. The van der Waals surface area contributed by atoms with Crippen molar-refractivity contribution in [3.63, 3.8) is 0 Å². The van der Waals surface area contributed by atoms with Crippen LogP contribution in [0.1, 0.15) is 38.3 Å². The average molecular weight is 482 g/mol. The van der Waals surface area contributed by atoms with E-state index in [1.54, 1.807) is 0 Å². The van der Waals surface area contributed by atoms with E-state index < -0.39 is 0 Å². The zero-order valence-corrected chi connectivity index (χ0v) is 18.3. The first-order valence-corrected chi connectivity index (χ1v) is 8.97. The largest absolute Gasteiger partial charge is 0.357 e. The monoisotopic (exact) mass is 481 g/mol. The van der Waals surface area contributed by atoms with Crippen LogP contribution in [0, 0.1) is 0 Å². The van der Waals surface area contributed by atoms with Gasteiger partial charge in [-0.25, -0.2) is 0 Å². The summed E-state index contributed by atoms with van der Waals surface area (Å²) in [7, 11) is 3.99. The lowest BCUT2D eigenvalue weighted by molar-refractivity contribution is -0.121. The quantitative estimate of drug-likeness (QED) is 0.260. The minimum Gasteiger partial charge on any atom is -0.357 e. The molecule has 0 saturated heterocycles. The van der Waals surface area contributed by atoms with Crippen LogP contribution in [0.4, 0.5) is 0 Å². The van der Waals surface area contributed by atoms with E-state index in [2.05, 4.69) is 20.5 Å². The van der Waals surface area contributed by atoms with Crippen molar-refractivity contribution in [3.8, 4) is 0 Å². The average Bonchev–Trinajstić information content (AvgIpc) is 3.27. The van der Waals surface area contributed by atoms with Crippen molar-refractivity contribution in [3.05, 3.63) is 23.0 Å². The van der Waals surface area contributed by atoms with Gasteiger partial charge in [0, 0.05) is 51.5 Å². The van der Waals surface area contributed by atoms with Gasteiger partial charge < -0.3 is 20.1 Å². The van der Waals surface area contributed by atoms with Crippen molar-refractivity contribution >= 4 is 47.4 Å². The zero-order valence-electron chi connectivity index (χ0n) is 15.2. The Morgan fingerprint density at radius 2 is 2.20 bits per heavy atom. The Balaban J connectivity index is 0.00000312. The molecular weight excluding hydrogens is 453 g/mol. The van der Waals surface area contributed by atoms with E-state index in [0.717, 1.165) is 49.0 Å². The molecule has 2 rings (SSSR count). The second-order valence-electron chi connectivity index (χ2n) is 6.30. The molecule has 1 saturated carbocycles. The number of nitrogens with one attached hydrogen (secondary N) is 2. The molecule has 1 aliphatic rings.